The van der Waals surface area contributed by atoms with E-state index >= 15 is 0 Å². The normalized spacial score (nSPS) is 11.5. The van der Waals surface area contributed by atoms with Crippen LogP contribution in [-0.2, 0) is 25.4 Å². The predicted molar refractivity (Wildman–Crippen MR) is 95.6 cm³/mol. The Labute approximate surface area is 146 Å². The number of nitrogens with zero attached hydrogens (tertiary/aromatic N) is 1. The summed E-state index contributed by atoms with van der Waals surface area (Å²) >= 11 is 1.25. The van der Waals surface area contributed by atoms with Gasteiger partial charge in [0.05, 0.1) is 5.75 Å². The molecule has 0 radical (unpaired) electrons. The maximum Gasteiger partial charge on any atom is 0.313 e. The lowest BCUT2D eigenvalue weighted by Gasteiger charge is -2.18. The third-order valence-electron chi connectivity index (χ3n) is 3.12. The Morgan fingerprint density at radius 1 is 1.25 bits per heavy atom. The van der Waals surface area contributed by atoms with Crippen LogP contribution in [0.15, 0.2) is 24.3 Å². The molecular formula is C15H22N2O5S2. The van der Waals surface area contributed by atoms with Gasteiger partial charge in [-0.2, -0.15) is 0 Å². The minimum absolute atomic E-state index is 0.00129. The first-order chi connectivity index (χ1) is 11.3. The van der Waals surface area contributed by atoms with Crippen molar-refractivity contribution in [2.75, 3.05) is 29.9 Å². The van der Waals surface area contributed by atoms with Gasteiger partial charge in [0.1, 0.15) is 5.75 Å². The number of sulfonamides is 1. The summed E-state index contributed by atoms with van der Waals surface area (Å²) in [5, 5.41) is 11.2. The maximum atomic E-state index is 12.1. The minimum atomic E-state index is -3.62. The van der Waals surface area contributed by atoms with Gasteiger partial charge in [-0.1, -0.05) is 26.0 Å². The van der Waals surface area contributed by atoms with Crippen molar-refractivity contribution < 1.29 is 23.1 Å². The van der Waals surface area contributed by atoms with E-state index in [0.717, 1.165) is 5.56 Å². The van der Waals surface area contributed by atoms with Gasteiger partial charge in [0.2, 0.25) is 15.9 Å². The Kier molecular flexibility index (Phi) is 8.23. The lowest BCUT2D eigenvalue weighted by atomic mass is 10.2. The lowest BCUT2D eigenvalue weighted by Crippen LogP contribution is -2.36. The number of benzene rings is 1. The summed E-state index contributed by atoms with van der Waals surface area (Å²) < 4.78 is 25.4. The highest BCUT2D eigenvalue weighted by molar-refractivity contribution is 7.99. The number of rotatable bonds is 10. The van der Waals surface area contributed by atoms with Gasteiger partial charge in [0.25, 0.3) is 0 Å². The molecule has 1 aromatic carbocycles. The second kappa shape index (κ2) is 9.65. The largest absolute Gasteiger partial charge is 0.481 e. The molecule has 7 nitrogen and oxygen atoms in total. The number of carbonyl (C=O) groups is 2. The number of carboxylic acids is 1. The number of nitrogens with one attached hydrogen (secondary N) is 1. The van der Waals surface area contributed by atoms with E-state index in [-0.39, 0.29) is 5.75 Å². The molecular weight excluding hydrogens is 352 g/mol. The fraction of sp³-hybridized carbons (Fsp3) is 0.467. The lowest BCUT2D eigenvalue weighted by molar-refractivity contribution is -0.133. The van der Waals surface area contributed by atoms with E-state index in [1.165, 1.54) is 16.1 Å². The van der Waals surface area contributed by atoms with Gasteiger partial charge in [-0.05, 0) is 17.7 Å². The van der Waals surface area contributed by atoms with Crippen LogP contribution < -0.4 is 5.32 Å². The van der Waals surface area contributed by atoms with Crippen LogP contribution in [0.25, 0.3) is 0 Å². The number of carboxylic acid groups (broad SMARTS) is 1. The van der Waals surface area contributed by atoms with Crippen LogP contribution >= 0.6 is 11.8 Å². The standard InChI is InChI=1S/C15H22N2O5S2/c1-3-17(4-2)24(21,22)11-14(18)16-13-7-5-6-12(8-13)9-23-10-15(19)20/h5-8H,3-4,9-11H2,1-2H3,(H,16,18)(H,19,20). The van der Waals surface area contributed by atoms with E-state index in [0.29, 0.717) is 24.5 Å². The topological polar surface area (TPSA) is 104 Å². The SMILES string of the molecule is CCN(CC)S(=O)(=O)CC(=O)Nc1cccc(CSCC(=O)O)c1. The molecule has 0 aliphatic carbocycles. The number of amides is 1. The van der Waals surface area contributed by atoms with Crippen LogP contribution in [0, 0.1) is 0 Å². The highest BCUT2D eigenvalue weighted by atomic mass is 32.2. The van der Waals surface area contributed by atoms with Crippen LogP contribution in [0.5, 0.6) is 0 Å². The number of carbonyl (C=O) groups excluding carboxylic acids is 1. The summed E-state index contributed by atoms with van der Waals surface area (Å²) in [6.07, 6.45) is 0. The molecule has 0 saturated carbocycles. The Morgan fingerprint density at radius 3 is 2.50 bits per heavy atom. The Bertz CT molecular complexity index is 672. The molecule has 0 aliphatic heterocycles. The zero-order chi connectivity index (χ0) is 18.2. The van der Waals surface area contributed by atoms with Crippen LogP contribution in [0.4, 0.5) is 5.69 Å². The molecule has 24 heavy (non-hydrogen) atoms. The van der Waals surface area contributed by atoms with Gasteiger partial charge in [0.15, 0.2) is 0 Å². The zero-order valence-electron chi connectivity index (χ0n) is 13.7. The Balaban J connectivity index is 2.65. The van der Waals surface area contributed by atoms with E-state index in [9.17, 15) is 18.0 Å². The van der Waals surface area contributed by atoms with Crippen molar-refractivity contribution >= 4 is 39.3 Å². The molecule has 0 saturated heterocycles. The van der Waals surface area contributed by atoms with Gasteiger partial charge in [-0.3, -0.25) is 9.59 Å². The minimum Gasteiger partial charge on any atom is -0.481 e. The van der Waals surface area contributed by atoms with Crippen molar-refractivity contribution in [2.24, 2.45) is 0 Å². The first-order valence-electron chi connectivity index (χ1n) is 7.44. The van der Waals surface area contributed by atoms with Crippen LogP contribution in [-0.4, -0.2) is 54.3 Å². The average Bonchev–Trinajstić information content (AvgIpc) is 2.47. The highest BCUT2D eigenvalue weighted by Gasteiger charge is 2.22. The fourth-order valence-electron chi connectivity index (χ4n) is 2.07. The summed E-state index contributed by atoms with van der Waals surface area (Å²) in [5.41, 5.74) is 1.34. The van der Waals surface area contributed by atoms with Crippen molar-refractivity contribution in [3.63, 3.8) is 0 Å². The summed E-state index contributed by atoms with van der Waals surface area (Å²) in [4.78, 5) is 22.5. The van der Waals surface area contributed by atoms with Gasteiger partial charge < -0.3 is 10.4 Å². The molecule has 0 spiro atoms. The molecule has 1 amide bonds. The fourth-order valence-corrected chi connectivity index (χ4v) is 4.13. The zero-order valence-corrected chi connectivity index (χ0v) is 15.3. The molecule has 0 fully saturated rings. The quantitative estimate of drug-likeness (QED) is 0.645. The van der Waals surface area contributed by atoms with E-state index in [2.05, 4.69) is 5.32 Å². The van der Waals surface area contributed by atoms with E-state index in [4.69, 9.17) is 5.11 Å². The van der Waals surface area contributed by atoms with Gasteiger partial charge >= 0.3 is 5.97 Å². The van der Waals surface area contributed by atoms with Crippen LogP contribution in [0.3, 0.4) is 0 Å². The molecule has 0 aromatic heterocycles. The molecule has 1 aromatic rings. The van der Waals surface area contributed by atoms with Crippen molar-refractivity contribution in [3.8, 4) is 0 Å². The molecule has 0 atom stereocenters. The van der Waals surface area contributed by atoms with Gasteiger partial charge in [-0.25, -0.2) is 12.7 Å². The smallest absolute Gasteiger partial charge is 0.313 e. The highest BCUT2D eigenvalue weighted by Crippen LogP contribution is 2.16. The first-order valence-corrected chi connectivity index (χ1v) is 10.2. The summed E-state index contributed by atoms with van der Waals surface area (Å²) in [6, 6.07) is 6.91. The Hall–Kier alpha value is -1.58. The summed E-state index contributed by atoms with van der Waals surface area (Å²) in [5.74, 6) is -1.60. The molecule has 0 bridgehead atoms. The second-order valence-electron chi connectivity index (χ2n) is 4.98. The number of aliphatic carboxylic acids is 1. The number of anilines is 1. The van der Waals surface area contributed by atoms with Crippen LogP contribution in [0.1, 0.15) is 19.4 Å². The molecule has 0 heterocycles. The number of thioether (sulfide) groups is 1. The van der Waals surface area contributed by atoms with Crippen molar-refractivity contribution in [3.05, 3.63) is 29.8 Å². The number of hydrogen-bond donors (Lipinski definition) is 2. The summed E-state index contributed by atoms with van der Waals surface area (Å²) in [6.45, 7) is 4.08. The van der Waals surface area contributed by atoms with Gasteiger partial charge in [-0.15, -0.1) is 11.8 Å². The molecule has 0 aliphatic rings. The molecule has 1 rings (SSSR count). The average molecular weight is 374 g/mol. The molecule has 134 valence electrons. The molecule has 2 N–H and O–H groups in total. The summed E-state index contributed by atoms with van der Waals surface area (Å²) in [7, 11) is -3.62. The second-order valence-corrected chi connectivity index (χ2v) is 7.93. The van der Waals surface area contributed by atoms with Crippen molar-refractivity contribution in [1.29, 1.82) is 0 Å². The van der Waals surface area contributed by atoms with Crippen molar-refractivity contribution in [1.82, 2.24) is 4.31 Å². The van der Waals surface area contributed by atoms with Gasteiger partial charge in [0, 0.05) is 24.5 Å². The monoisotopic (exact) mass is 374 g/mol. The first kappa shape index (κ1) is 20.5. The predicted octanol–water partition coefficient (Wildman–Crippen LogP) is 1.61. The number of hydrogen-bond acceptors (Lipinski definition) is 5. The Morgan fingerprint density at radius 2 is 1.92 bits per heavy atom. The third kappa shape index (κ3) is 6.90. The van der Waals surface area contributed by atoms with E-state index < -0.39 is 27.7 Å². The third-order valence-corrected chi connectivity index (χ3v) is 6.04. The molecule has 9 heteroatoms. The maximum absolute atomic E-state index is 12.1. The van der Waals surface area contributed by atoms with E-state index in [1.807, 2.05) is 6.07 Å². The van der Waals surface area contributed by atoms with E-state index in [1.54, 1.807) is 32.0 Å². The molecule has 0 unspecified atom stereocenters. The van der Waals surface area contributed by atoms with Crippen molar-refractivity contribution in [2.45, 2.75) is 19.6 Å². The van der Waals surface area contributed by atoms with Crippen LogP contribution in [0.2, 0.25) is 0 Å².